The van der Waals surface area contributed by atoms with Crippen molar-refractivity contribution in [3.8, 4) is 0 Å². The number of nitrogens with one attached hydrogen (secondary N) is 1. The van der Waals surface area contributed by atoms with Gasteiger partial charge in [0.05, 0.1) is 12.5 Å². The topological polar surface area (TPSA) is 69.6 Å². The summed E-state index contributed by atoms with van der Waals surface area (Å²) in [6.45, 7) is 5.48. The summed E-state index contributed by atoms with van der Waals surface area (Å²) in [5.41, 5.74) is 0. The zero-order valence-corrected chi connectivity index (χ0v) is 9.90. The molecule has 1 aliphatic heterocycles. The molecule has 92 valence electrons. The molecule has 2 N–H and O–H groups in total. The molecule has 1 fully saturated rings. The molecule has 1 amide bonds. The van der Waals surface area contributed by atoms with Gasteiger partial charge < -0.3 is 10.4 Å². The highest BCUT2D eigenvalue weighted by Gasteiger charge is 2.28. The number of aliphatic carboxylic acids is 1. The Morgan fingerprint density at radius 2 is 2.25 bits per heavy atom. The van der Waals surface area contributed by atoms with E-state index in [1.165, 1.54) is 0 Å². The highest BCUT2D eigenvalue weighted by molar-refractivity contribution is 5.78. The zero-order valence-electron chi connectivity index (χ0n) is 9.90. The van der Waals surface area contributed by atoms with Gasteiger partial charge in [-0.1, -0.05) is 6.92 Å². The molecule has 1 rings (SSSR count). The molecular weight excluding hydrogens is 208 g/mol. The molecule has 0 radical (unpaired) electrons. The van der Waals surface area contributed by atoms with Crippen LogP contribution in [0.2, 0.25) is 0 Å². The summed E-state index contributed by atoms with van der Waals surface area (Å²) in [4.78, 5) is 24.2. The van der Waals surface area contributed by atoms with Gasteiger partial charge in [-0.15, -0.1) is 0 Å². The highest BCUT2D eigenvalue weighted by Crippen LogP contribution is 2.15. The first-order valence-corrected chi connectivity index (χ1v) is 5.77. The molecule has 2 atom stereocenters. The Kier molecular flexibility index (Phi) is 4.73. The van der Waals surface area contributed by atoms with E-state index >= 15 is 0 Å². The van der Waals surface area contributed by atoms with Crippen molar-refractivity contribution < 1.29 is 14.7 Å². The molecule has 0 saturated carbocycles. The summed E-state index contributed by atoms with van der Waals surface area (Å²) in [5.74, 6) is -1.08. The van der Waals surface area contributed by atoms with Crippen LogP contribution in [-0.2, 0) is 9.59 Å². The summed E-state index contributed by atoms with van der Waals surface area (Å²) >= 11 is 0. The Labute approximate surface area is 95.8 Å². The lowest BCUT2D eigenvalue weighted by atomic mass is 10.1. The molecular formula is C11H20N2O3. The summed E-state index contributed by atoms with van der Waals surface area (Å²) in [6.07, 6.45) is 1.55. The lowest BCUT2D eigenvalue weighted by Crippen LogP contribution is -2.40. The van der Waals surface area contributed by atoms with Crippen LogP contribution in [0.5, 0.6) is 0 Å². The smallest absolute Gasteiger partial charge is 0.307 e. The maximum Gasteiger partial charge on any atom is 0.307 e. The molecule has 16 heavy (non-hydrogen) atoms. The lowest BCUT2D eigenvalue weighted by molar-refractivity contribution is -0.141. The third kappa shape index (κ3) is 3.81. The van der Waals surface area contributed by atoms with E-state index in [1.807, 2.05) is 18.7 Å². The van der Waals surface area contributed by atoms with E-state index in [1.54, 1.807) is 0 Å². The number of hydrogen-bond donors (Lipinski definition) is 2. The SMILES string of the molecule is CC[C@@H](C)NC(=O)CN1CC[C@H](C(=O)O)C1. The minimum absolute atomic E-state index is 0.0135. The van der Waals surface area contributed by atoms with E-state index in [0.29, 0.717) is 26.1 Å². The van der Waals surface area contributed by atoms with Crippen molar-refractivity contribution in [3.63, 3.8) is 0 Å². The van der Waals surface area contributed by atoms with Crippen molar-refractivity contribution >= 4 is 11.9 Å². The maximum absolute atomic E-state index is 11.5. The third-order valence-corrected chi connectivity index (χ3v) is 3.01. The van der Waals surface area contributed by atoms with Gasteiger partial charge in [-0.05, 0) is 26.3 Å². The Morgan fingerprint density at radius 1 is 1.56 bits per heavy atom. The molecule has 0 spiro atoms. The first-order chi connectivity index (χ1) is 7.52. The predicted octanol–water partition coefficient (Wildman–Crippen LogP) is 0.308. The fraction of sp³-hybridized carbons (Fsp3) is 0.818. The number of carbonyl (C=O) groups excluding carboxylic acids is 1. The van der Waals surface area contributed by atoms with Crippen LogP contribution < -0.4 is 5.32 Å². The highest BCUT2D eigenvalue weighted by atomic mass is 16.4. The number of carboxylic acids is 1. The summed E-state index contributed by atoms with van der Waals surface area (Å²) in [7, 11) is 0. The fourth-order valence-electron chi connectivity index (χ4n) is 1.80. The first kappa shape index (κ1) is 13.0. The van der Waals surface area contributed by atoms with Crippen molar-refractivity contribution in [1.29, 1.82) is 0 Å². The Balaban J connectivity index is 2.28. The molecule has 1 aliphatic rings. The third-order valence-electron chi connectivity index (χ3n) is 3.01. The molecule has 5 nitrogen and oxygen atoms in total. The summed E-state index contributed by atoms with van der Waals surface area (Å²) < 4.78 is 0. The van der Waals surface area contributed by atoms with Gasteiger partial charge >= 0.3 is 5.97 Å². The van der Waals surface area contributed by atoms with E-state index in [4.69, 9.17) is 5.11 Å². The zero-order chi connectivity index (χ0) is 12.1. The summed E-state index contributed by atoms with van der Waals surface area (Å²) in [6, 6.07) is 0.186. The van der Waals surface area contributed by atoms with Crippen LogP contribution in [-0.4, -0.2) is 47.6 Å². The fourth-order valence-corrected chi connectivity index (χ4v) is 1.80. The molecule has 0 aromatic carbocycles. The standard InChI is InChI=1S/C11H20N2O3/c1-3-8(2)12-10(14)7-13-5-4-9(6-13)11(15)16/h8-9H,3-7H2,1-2H3,(H,12,14)(H,15,16)/t8-,9+/m1/s1. The van der Waals surface area contributed by atoms with Gasteiger partial charge in [-0.3, -0.25) is 14.5 Å². The quantitative estimate of drug-likeness (QED) is 0.710. The van der Waals surface area contributed by atoms with Crippen LogP contribution in [0, 0.1) is 5.92 Å². The largest absolute Gasteiger partial charge is 0.481 e. The summed E-state index contributed by atoms with van der Waals surface area (Å²) in [5, 5.41) is 11.7. The van der Waals surface area contributed by atoms with Crippen LogP contribution in [0.15, 0.2) is 0 Å². The normalized spacial score (nSPS) is 23.0. The number of carboxylic acid groups (broad SMARTS) is 1. The maximum atomic E-state index is 11.5. The number of rotatable bonds is 5. The molecule has 5 heteroatoms. The number of carbonyl (C=O) groups is 2. The molecule has 0 aromatic heterocycles. The van der Waals surface area contributed by atoms with Crippen LogP contribution in [0.1, 0.15) is 26.7 Å². The number of likely N-dealkylation sites (tertiary alicyclic amines) is 1. The average Bonchev–Trinajstić information content (AvgIpc) is 2.65. The van der Waals surface area contributed by atoms with Gasteiger partial charge in [0.25, 0.3) is 0 Å². The number of amides is 1. The van der Waals surface area contributed by atoms with Crippen molar-refractivity contribution in [2.75, 3.05) is 19.6 Å². The monoisotopic (exact) mass is 228 g/mol. The molecule has 0 unspecified atom stereocenters. The van der Waals surface area contributed by atoms with E-state index in [2.05, 4.69) is 5.32 Å². The second-order valence-electron chi connectivity index (χ2n) is 4.44. The Bertz CT molecular complexity index is 268. The second-order valence-corrected chi connectivity index (χ2v) is 4.44. The van der Waals surface area contributed by atoms with Crippen LogP contribution >= 0.6 is 0 Å². The van der Waals surface area contributed by atoms with Crippen LogP contribution in [0.3, 0.4) is 0 Å². The second kappa shape index (κ2) is 5.84. The average molecular weight is 228 g/mol. The van der Waals surface area contributed by atoms with E-state index in [9.17, 15) is 9.59 Å². The van der Waals surface area contributed by atoms with Crippen LogP contribution in [0.4, 0.5) is 0 Å². The minimum atomic E-state index is -0.759. The number of nitrogens with zero attached hydrogens (tertiary/aromatic N) is 1. The lowest BCUT2D eigenvalue weighted by Gasteiger charge is -2.17. The van der Waals surface area contributed by atoms with Crippen LogP contribution in [0.25, 0.3) is 0 Å². The first-order valence-electron chi connectivity index (χ1n) is 5.77. The van der Waals surface area contributed by atoms with E-state index in [-0.39, 0.29) is 17.9 Å². The molecule has 1 saturated heterocycles. The Hall–Kier alpha value is -1.10. The van der Waals surface area contributed by atoms with Gasteiger partial charge in [0.2, 0.25) is 5.91 Å². The van der Waals surface area contributed by atoms with Gasteiger partial charge in [0.1, 0.15) is 0 Å². The van der Waals surface area contributed by atoms with E-state index < -0.39 is 5.97 Å². The molecule has 0 bridgehead atoms. The van der Waals surface area contributed by atoms with Crippen molar-refractivity contribution in [2.24, 2.45) is 5.92 Å². The predicted molar refractivity (Wildman–Crippen MR) is 60.1 cm³/mol. The van der Waals surface area contributed by atoms with Gasteiger partial charge in [0.15, 0.2) is 0 Å². The van der Waals surface area contributed by atoms with Crippen molar-refractivity contribution in [1.82, 2.24) is 10.2 Å². The van der Waals surface area contributed by atoms with Crippen molar-refractivity contribution in [2.45, 2.75) is 32.7 Å². The van der Waals surface area contributed by atoms with Crippen molar-refractivity contribution in [3.05, 3.63) is 0 Å². The Morgan fingerprint density at radius 3 is 2.75 bits per heavy atom. The van der Waals surface area contributed by atoms with Gasteiger partial charge in [-0.25, -0.2) is 0 Å². The molecule has 0 aliphatic carbocycles. The minimum Gasteiger partial charge on any atom is -0.481 e. The number of hydrogen-bond acceptors (Lipinski definition) is 3. The molecule has 1 heterocycles. The van der Waals surface area contributed by atoms with E-state index in [0.717, 1.165) is 6.42 Å². The van der Waals surface area contributed by atoms with Gasteiger partial charge in [0, 0.05) is 12.6 Å². The van der Waals surface area contributed by atoms with Gasteiger partial charge in [-0.2, -0.15) is 0 Å². The molecule has 0 aromatic rings.